The van der Waals surface area contributed by atoms with E-state index in [0.29, 0.717) is 26.2 Å². The molecule has 1 heterocycles. The Kier molecular flexibility index (Phi) is 5.68. The Bertz CT molecular complexity index is 280. The molecule has 0 unspecified atom stereocenters. The van der Waals surface area contributed by atoms with Crippen LogP contribution in [-0.2, 0) is 15.0 Å². The van der Waals surface area contributed by atoms with Crippen LogP contribution in [0, 0.1) is 0 Å². The van der Waals surface area contributed by atoms with Gasteiger partial charge in [0.15, 0.2) is 0 Å². The van der Waals surface area contributed by atoms with Crippen molar-refractivity contribution in [2.45, 2.75) is 39.5 Å². The Balaban J connectivity index is 2.70. The molecule has 0 radical (unpaired) electrons. The molecule has 0 atom stereocenters. The highest BCUT2D eigenvalue weighted by Gasteiger charge is 2.30. The monoisotopic (exact) mass is 250 g/mol. The molecule has 1 aliphatic rings. The van der Waals surface area contributed by atoms with Gasteiger partial charge < -0.3 is 0 Å². The molecule has 0 bridgehead atoms. The minimum atomic E-state index is -3.40. The average Bonchev–Trinajstić information content (AvgIpc) is 2.30. The SMILES string of the molecule is CCCN(CCC)S(=O)(=O)N1CCCCO1. The number of hydrogen-bond acceptors (Lipinski definition) is 3. The molecule has 0 N–H and O–H groups in total. The number of rotatable bonds is 6. The van der Waals surface area contributed by atoms with E-state index in [2.05, 4.69) is 0 Å². The van der Waals surface area contributed by atoms with Crippen LogP contribution in [0.15, 0.2) is 0 Å². The highest BCUT2D eigenvalue weighted by molar-refractivity contribution is 7.86. The lowest BCUT2D eigenvalue weighted by Gasteiger charge is -2.30. The van der Waals surface area contributed by atoms with E-state index in [1.54, 1.807) is 0 Å². The molecule has 0 spiro atoms. The summed E-state index contributed by atoms with van der Waals surface area (Å²) >= 11 is 0. The molecule has 0 aromatic rings. The van der Waals surface area contributed by atoms with E-state index >= 15 is 0 Å². The van der Waals surface area contributed by atoms with Crippen LogP contribution in [0.2, 0.25) is 0 Å². The third-order valence-electron chi connectivity index (χ3n) is 2.50. The highest BCUT2D eigenvalue weighted by Crippen LogP contribution is 2.15. The van der Waals surface area contributed by atoms with E-state index in [1.807, 2.05) is 13.8 Å². The summed E-state index contributed by atoms with van der Waals surface area (Å²) in [6, 6.07) is 0. The van der Waals surface area contributed by atoms with Crippen molar-refractivity contribution in [2.24, 2.45) is 0 Å². The summed E-state index contributed by atoms with van der Waals surface area (Å²) in [4.78, 5) is 5.22. The van der Waals surface area contributed by atoms with Crippen molar-refractivity contribution in [3.05, 3.63) is 0 Å². The maximum atomic E-state index is 12.2. The van der Waals surface area contributed by atoms with Gasteiger partial charge in [-0.1, -0.05) is 18.3 Å². The summed E-state index contributed by atoms with van der Waals surface area (Å²) in [5.41, 5.74) is 0. The zero-order chi connectivity index (χ0) is 12.0. The molecule has 96 valence electrons. The van der Waals surface area contributed by atoms with Gasteiger partial charge in [-0.05, 0) is 25.7 Å². The van der Waals surface area contributed by atoms with Gasteiger partial charge in [-0.25, -0.2) is 0 Å². The molecule has 5 nitrogen and oxygen atoms in total. The summed E-state index contributed by atoms with van der Waals surface area (Å²) in [6.07, 6.45) is 3.47. The first-order chi connectivity index (χ1) is 7.62. The van der Waals surface area contributed by atoms with E-state index in [0.717, 1.165) is 30.2 Å². The fraction of sp³-hybridized carbons (Fsp3) is 1.00. The van der Waals surface area contributed by atoms with Crippen molar-refractivity contribution in [1.82, 2.24) is 8.77 Å². The van der Waals surface area contributed by atoms with Crippen molar-refractivity contribution < 1.29 is 13.3 Å². The summed E-state index contributed by atoms with van der Waals surface area (Å²) in [5.74, 6) is 0. The van der Waals surface area contributed by atoms with Crippen LogP contribution in [0.4, 0.5) is 0 Å². The van der Waals surface area contributed by atoms with Gasteiger partial charge in [0.2, 0.25) is 0 Å². The molecule has 0 saturated carbocycles. The average molecular weight is 250 g/mol. The number of hydrogen-bond donors (Lipinski definition) is 0. The second-order valence-electron chi connectivity index (χ2n) is 3.97. The number of hydroxylamine groups is 1. The van der Waals surface area contributed by atoms with Gasteiger partial charge in [0, 0.05) is 19.6 Å². The molecule has 16 heavy (non-hydrogen) atoms. The first kappa shape index (κ1) is 13.9. The molecule has 0 aliphatic carbocycles. The molecular formula is C10H22N2O3S. The van der Waals surface area contributed by atoms with Gasteiger partial charge in [-0.3, -0.25) is 4.84 Å². The summed E-state index contributed by atoms with van der Waals surface area (Å²) < 4.78 is 27.1. The minimum Gasteiger partial charge on any atom is -0.283 e. The van der Waals surface area contributed by atoms with E-state index < -0.39 is 10.2 Å². The van der Waals surface area contributed by atoms with Crippen molar-refractivity contribution in [1.29, 1.82) is 0 Å². The normalized spacial score (nSPS) is 19.2. The highest BCUT2D eigenvalue weighted by atomic mass is 32.2. The van der Waals surface area contributed by atoms with Crippen LogP contribution in [0.1, 0.15) is 39.5 Å². The fourth-order valence-electron chi connectivity index (χ4n) is 1.73. The van der Waals surface area contributed by atoms with Crippen LogP contribution in [-0.4, -0.2) is 43.4 Å². The smallest absolute Gasteiger partial charge is 0.283 e. The van der Waals surface area contributed by atoms with Crippen molar-refractivity contribution >= 4 is 10.2 Å². The Morgan fingerprint density at radius 2 is 1.81 bits per heavy atom. The number of nitrogens with zero attached hydrogens (tertiary/aromatic N) is 2. The van der Waals surface area contributed by atoms with Crippen molar-refractivity contribution in [3.63, 3.8) is 0 Å². The van der Waals surface area contributed by atoms with Gasteiger partial charge in [0.25, 0.3) is 0 Å². The summed E-state index contributed by atoms with van der Waals surface area (Å²) in [7, 11) is -3.40. The Labute approximate surface area is 98.5 Å². The van der Waals surface area contributed by atoms with E-state index in [4.69, 9.17) is 4.84 Å². The Hall–Kier alpha value is -0.170. The molecule has 0 aromatic carbocycles. The van der Waals surface area contributed by atoms with Crippen LogP contribution >= 0.6 is 0 Å². The molecule has 1 saturated heterocycles. The van der Waals surface area contributed by atoms with Crippen LogP contribution in [0.25, 0.3) is 0 Å². The van der Waals surface area contributed by atoms with Gasteiger partial charge in [0.1, 0.15) is 0 Å². The minimum absolute atomic E-state index is 0.478. The van der Waals surface area contributed by atoms with Gasteiger partial charge in [0.05, 0.1) is 6.61 Å². The van der Waals surface area contributed by atoms with Gasteiger partial charge in [-0.15, -0.1) is 0 Å². The predicted molar refractivity (Wildman–Crippen MR) is 63.0 cm³/mol. The lowest BCUT2D eigenvalue weighted by atomic mass is 10.3. The Morgan fingerprint density at radius 1 is 1.19 bits per heavy atom. The molecule has 1 fully saturated rings. The predicted octanol–water partition coefficient (Wildman–Crippen LogP) is 1.38. The van der Waals surface area contributed by atoms with E-state index in [-0.39, 0.29) is 0 Å². The molecule has 1 aliphatic heterocycles. The summed E-state index contributed by atoms with van der Waals surface area (Å²) in [6.45, 7) is 6.08. The quantitative estimate of drug-likeness (QED) is 0.715. The maximum absolute atomic E-state index is 12.2. The van der Waals surface area contributed by atoms with Crippen LogP contribution < -0.4 is 0 Å². The third-order valence-corrected chi connectivity index (χ3v) is 4.32. The Morgan fingerprint density at radius 3 is 2.25 bits per heavy atom. The fourth-order valence-corrected chi connectivity index (χ4v) is 3.38. The lowest BCUT2D eigenvalue weighted by molar-refractivity contribution is -0.112. The topological polar surface area (TPSA) is 49.9 Å². The second-order valence-corrected chi connectivity index (χ2v) is 5.79. The lowest BCUT2D eigenvalue weighted by Crippen LogP contribution is -2.46. The zero-order valence-corrected chi connectivity index (χ0v) is 11.0. The van der Waals surface area contributed by atoms with Gasteiger partial charge in [-0.2, -0.15) is 12.7 Å². The van der Waals surface area contributed by atoms with E-state index in [1.165, 1.54) is 4.31 Å². The summed E-state index contributed by atoms with van der Waals surface area (Å²) in [5, 5.41) is 0. The first-order valence-corrected chi connectivity index (χ1v) is 7.43. The van der Waals surface area contributed by atoms with Gasteiger partial charge >= 0.3 is 10.2 Å². The van der Waals surface area contributed by atoms with Crippen molar-refractivity contribution in [2.75, 3.05) is 26.2 Å². The third kappa shape index (κ3) is 3.41. The molecule has 6 heteroatoms. The molecule has 0 amide bonds. The molecule has 0 aromatic heterocycles. The largest absolute Gasteiger partial charge is 0.304 e. The van der Waals surface area contributed by atoms with Crippen LogP contribution in [0.5, 0.6) is 0 Å². The zero-order valence-electron chi connectivity index (χ0n) is 10.2. The van der Waals surface area contributed by atoms with Crippen molar-refractivity contribution in [3.8, 4) is 0 Å². The molecule has 1 rings (SSSR count). The maximum Gasteiger partial charge on any atom is 0.304 e. The first-order valence-electron chi connectivity index (χ1n) is 6.03. The van der Waals surface area contributed by atoms with E-state index in [9.17, 15) is 8.42 Å². The van der Waals surface area contributed by atoms with Crippen LogP contribution in [0.3, 0.4) is 0 Å². The standard InChI is InChI=1S/C10H22N2O3S/c1-3-7-11(8-4-2)16(13,14)12-9-5-6-10-15-12/h3-10H2,1-2H3. The second kappa shape index (κ2) is 6.54. The molecular weight excluding hydrogens is 228 g/mol.